The number of rotatable bonds is 6. The molecule has 0 saturated carbocycles. The van der Waals surface area contributed by atoms with E-state index in [1.807, 2.05) is 6.92 Å². The molecule has 54 valence electrons. The maximum absolute atomic E-state index is 4.94. The minimum atomic E-state index is 0.444. The zero-order valence-electron chi connectivity index (χ0n) is 5.63. The topological polar surface area (TPSA) is 27.7 Å². The molecule has 0 aromatic carbocycles. The first kappa shape index (κ1) is 8.46. The van der Waals surface area contributed by atoms with Crippen molar-refractivity contribution in [2.45, 2.75) is 6.92 Å². The smallest absolute Gasteiger partial charge is 0.122 e. The van der Waals surface area contributed by atoms with Gasteiger partial charge in [-0.1, -0.05) is 6.58 Å². The molecule has 0 N–H and O–H groups in total. The van der Waals surface area contributed by atoms with Gasteiger partial charge in [-0.15, -0.1) is 0 Å². The zero-order chi connectivity index (χ0) is 6.95. The highest BCUT2D eigenvalue weighted by molar-refractivity contribution is 4.42. The quantitative estimate of drug-likeness (QED) is 0.234. The molecule has 0 aliphatic carbocycles. The van der Waals surface area contributed by atoms with E-state index in [2.05, 4.69) is 16.4 Å². The highest BCUT2D eigenvalue weighted by Gasteiger charge is 1.83. The molecule has 0 unspecified atom stereocenters. The van der Waals surface area contributed by atoms with Crippen LogP contribution in [0, 0.1) is 0 Å². The fraction of sp³-hybridized carbons (Fsp3) is 0.667. The molecular formula is C6H12O3. The normalized spacial score (nSPS) is 9.00. The van der Waals surface area contributed by atoms with Crippen molar-refractivity contribution in [2.24, 2.45) is 0 Å². The molecule has 0 aromatic rings. The van der Waals surface area contributed by atoms with Crippen molar-refractivity contribution in [3.05, 3.63) is 12.8 Å². The number of ether oxygens (including phenoxy) is 1. The Labute approximate surface area is 55.1 Å². The van der Waals surface area contributed by atoms with Gasteiger partial charge >= 0.3 is 0 Å². The second-order valence-electron chi connectivity index (χ2n) is 1.28. The van der Waals surface area contributed by atoms with Crippen LogP contribution in [0.2, 0.25) is 0 Å². The highest BCUT2D eigenvalue weighted by Crippen LogP contribution is 1.79. The van der Waals surface area contributed by atoms with E-state index in [-0.39, 0.29) is 0 Å². The van der Waals surface area contributed by atoms with Crippen LogP contribution in [0.25, 0.3) is 0 Å². The molecule has 0 atom stereocenters. The Morgan fingerprint density at radius 1 is 1.44 bits per heavy atom. The van der Waals surface area contributed by atoms with Gasteiger partial charge in [0.15, 0.2) is 0 Å². The molecule has 0 amide bonds. The molecule has 0 heterocycles. The lowest BCUT2D eigenvalue weighted by Gasteiger charge is -1.99. The molecule has 3 nitrogen and oxygen atoms in total. The van der Waals surface area contributed by atoms with Crippen LogP contribution in [0.1, 0.15) is 6.92 Å². The van der Waals surface area contributed by atoms with Crippen molar-refractivity contribution < 1.29 is 14.5 Å². The van der Waals surface area contributed by atoms with Crippen LogP contribution in [-0.4, -0.2) is 19.8 Å². The lowest BCUT2D eigenvalue weighted by Crippen LogP contribution is -2.02. The van der Waals surface area contributed by atoms with Crippen molar-refractivity contribution >= 4 is 0 Å². The molecule has 0 saturated heterocycles. The summed E-state index contributed by atoms with van der Waals surface area (Å²) in [4.78, 5) is 8.91. The van der Waals surface area contributed by atoms with Crippen molar-refractivity contribution in [3.63, 3.8) is 0 Å². The Morgan fingerprint density at radius 2 is 2.22 bits per heavy atom. The summed E-state index contributed by atoms with van der Waals surface area (Å²) in [5, 5.41) is 0. The van der Waals surface area contributed by atoms with Crippen LogP contribution in [-0.2, 0) is 14.5 Å². The summed E-state index contributed by atoms with van der Waals surface area (Å²) >= 11 is 0. The van der Waals surface area contributed by atoms with Gasteiger partial charge in [0.1, 0.15) is 12.9 Å². The monoisotopic (exact) mass is 132 g/mol. The Kier molecular flexibility index (Phi) is 7.01. The summed E-state index contributed by atoms with van der Waals surface area (Å²) in [5.74, 6) is 0. The lowest BCUT2D eigenvalue weighted by atomic mass is 10.7. The Morgan fingerprint density at radius 3 is 2.78 bits per heavy atom. The van der Waals surface area contributed by atoms with E-state index in [9.17, 15) is 0 Å². The fourth-order valence-corrected chi connectivity index (χ4v) is 0.334. The van der Waals surface area contributed by atoms with Gasteiger partial charge in [-0.2, -0.15) is 4.89 Å². The summed E-state index contributed by atoms with van der Waals surface area (Å²) < 4.78 is 4.94. The molecule has 0 rings (SSSR count). The molecule has 0 fully saturated rings. The molecule has 0 radical (unpaired) electrons. The minimum absolute atomic E-state index is 0.444. The van der Waals surface area contributed by atoms with E-state index in [1.54, 1.807) is 0 Å². The van der Waals surface area contributed by atoms with Gasteiger partial charge in [-0.3, -0.25) is 0 Å². The van der Waals surface area contributed by atoms with Crippen LogP contribution in [0.4, 0.5) is 0 Å². The molecule has 0 aliphatic heterocycles. The van der Waals surface area contributed by atoms with Crippen molar-refractivity contribution in [3.8, 4) is 0 Å². The molecular weight excluding hydrogens is 120 g/mol. The summed E-state index contributed by atoms with van der Waals surface area (Å²) in [7, 11) is 0. The van der Waals surface area contributed by atoms with Gasteiger partial charge in [-0.05, 0) is 6.92 Å². The summed E-state index contributed by atoms with van der Waals surface area (Å²) in [6.07, 6.45) is 1.23. The lowest BCUT2D eigenvalue weighted by molar-refractivity contribution is -0.254. The van der Waals surface area contributed by atoms with Crippen molar-refractivity contribution in [1.82, 2.24) is 0 Å². The van der Waals surface area contributed by atoms with Gasteiger partial charge in [0.2, 0.25) is 0 Å². The SMILES string of the molecule is C=COOCCOCC. The third-order valence-corrected chi connectivity index (χ3v) is 0.651. The predicted molar refractivity (Wildman–Crippen MR) is 33.7 cm³/mol. The maximum Gasteiger partial charge on any atom is 0.122 e. The minimum Gasteiger partial charge on any atom is -0.379 e. The van der Waals surface area contributed by atoms with E-state index in [4.69, 9.17) is 4.74 Å². The number of hydrogen-bond donors (Lipinski definition) is 0. The van der Waals surface area contributed by atoms with Gasteiger partial charge in [-0.25, -0.2) is 0 Å². The molecule has 3 heteroatoms. The van der Waals surface area contributed by atoms with Gasteiger partial charge < -0.3 is 9.62 Å². The molecule has 0 spiro atoms. The largest absolute Gasteiger partial charge is 0.379 e. The van der Waals surface area contributed by atoms with E-state index in [0.29, 0.717) is 19.8 Å². The molecule has 0 aliphatic rings. The Hall–Kier alpha value is -0.540. The maximum atomic E-state index is 4.94. The predicted octanol–water partition coefficient (Wildman–Crippen LogP) is 1.11. The average Bonchev–Trinajstić information content (AvgIpc) is 1.89. The van der Waals surface area contributed by atoms with E-state index in [1.165, 1.54) is 6.26 Å². The zero-order valence-corrected chi connectivity index (χ0v) is 5.63. The van der Waals surface area contributed by atoms with E-state index in [0.717, 1.165) is 0 Å². The standard InChI is InChI=1S/C6H12O3/c1-3-7-5-6-9-8-4-2/h4H,2-3,5-6H2,1H3. The molecule has 0 aromatic heterocycles. The second-order valence-corrected chi connectivity index (χ2v) is 1.28. The third kappa shape index (κ3) is 7.46. The fourth-order valence-electron chi connectivity index (χ4n) is 0.334. The Balaban J connectivity index is 2.66. The van der Waals surface area contributed by atoms with Gasteiger partial charge in [0.25, 0.3) is 0 Å². The summed E-state index contributed by atoms with van der Waals surface area (Å²) in [5.41, 5.74) is 0. The van der Waals surface area contributed by atoms with Gasteiger partial charge in [0, 0.05) is 6.61 Å². The van der Waals surface area contributed by atoms with Crippen molar-refractivity contribution in [1.29, 1.82) is 0 Å². The summed E-state index contributed by atoms with van der Waals surface area (Å²) in [6, 6.07) is 0. The van der Waals surface area contributed by atoms with Crippen LogP contribution in [0.15, 0.2) is 12.8 Å². The van der Waals surface area contributed by atoms with Crippen LogP contribution >= 0.6 is 0 Å². The van der Waals surface area contributed by atoms with Crippen molar-refractivity contribution in [2.75, 3.05) is 19.8 Å². The first-order valence-corrected chi connectivity index (χ1v) is 2.88. The number of hydrogen-bond acceptors (Lipinski definition) is 3. The van der Waals surface area contributed by atoms with E-state index < -0.39 is 0 Å². The van der Waals surface area contributed by atoms with Crippen LogP contribution in [0.3, 0.4) is 0 Å². The third-order valence-electron chi connectivity index (χ3n) is 0.651. The van der Waals surface area contributed by atoms with Gasteiger partial charge in [0.05, 0.1) is 6.61 Å². The molecule has 9 heavy (non-hydrogen) atoms. The summed E-state index contributed by atoms with van der Waals surface area (Å²) in [6.45, 7) is 6.93. The van der Waals surface area contributed by atoms with Crippen LogP contribution in [0.5, 0.6) is 0 Å². The second kappa shape index (κ2) is 7.46. The first-order valence-electron chi connectivity index (χ1n) is 2.88. The average molecular weight is 132 g/mol. The first-order chi connectivity index (χ1) is 4.41. The highest BCUT2D eigenvalue weighted by atomic mass is 17.2. The van der Waals surface area contributed by atoms with E-state index >= 15 is 0 Å². The Bertz CT molecular complexity index is 63.3. The van der Waals surface area contributed by atoms with Crippen LogP contribution < -0.4 is 0 Å². The molecule has 0 bridgehead atoms.